The van der Waals surface area contributed by atoms with Crippen LogP contribution in [0.5, 0.6) is 5.75 Å². The smallest absolute Gasteiger partial charge is 0.129 e. The van der Waals surface area contributed by atoms with Gasteiger partial charge in [0, 0.05) is 5.56 Å². The molecule has 72 valence electrons. The van der Waals surface area contributed by atoms with Gasteiger partial charge in [-0.3, -0.25) is 0 Å². The molecule has 2 heteroatoms. The summed E-state index contributed by atoms with van der Waals surface area (Å²) in [7, 11) is 0. The zero-order valence-corrected chi connectivity index (χ0v) is 8.48. The Hall–Kier alpha value is -1.05. The predicted octanol–water partition coefficient (Wildman–Crippen LogP) is 3.14. The molecule has 0 aliphatic carbocycles. The van der Waals surface area contributed by atoms with Crippen LogP contribution >= 0.6 is 0 Å². The van der Waals surface area contributed by atoms with E-state index in [4.69, 9.17) is 0 Å². The minimum atomic E-state index is -0.356. The van der Waals surface area contributed by atoms with Crippen molar-refractivity contribution in [3.05, 3.63) is 29.1 Å². The van der Waals surface area contributed by atoms with Crippen molar-refractivity contribution in [1.29, 1.82) is 0 Å². The number of aromatic hydroxyl groups is 1. The van der Waals surface area contributed by atoms with Crippen LogP contribution in [-0.2, 0) is 5.41 Å². The van der Waals surface area contributed by atoms with Gasteiger partial charge in [-0.1, -0.05) is 26.8 Å². The first-order valence-corrected chi connectivity index (χ1v) is 4.32. The number of hydrogen-bond acceptors (Lipinski definition) is 1. The number of hydrogen-bond donors (Lipinski definition) is 1. The minimum absolute atomic E-state index is 0.0764. The van der Waals surface area contributed by atoms with E-state index in [1.54, 1.807) is 13.0 Å². The van der Waals surface area contributed by atoms with Crippen LogP contribution in [-0.4, -0.2) is 5.11 Å². The average Bonchev–Trinajstić information content (AvgIpc) is 1.98. The van der Waals surface area contributed by atoms with Crippen LogP contribution in [0, 0.1) is 12.7 Å². The Labute approximate surface area is 78.2 Å². The second kappa shape index (κ2) is 3.02. The second-order valence-electron chi connectivity index (χ2n) is 4.32. The Bertz CT molecular complexity index is 324. The highest BCUT2D eigenvalue weighted by atomic mass is 19.1. The molecule has 0 saturated carbocycles. The van der Waals surface area contributed by atoms with E-state index in [1.165, 1.54) is 6.07 Å². The highest BCUT2D eigenvalue weighted by Gasteiger charge is 2.20. The van der Waals surface area contributed by atoms with Gasteiger partial charge in [-0.2, -0.15) is 0 Å². The molecule has 0 unspecified atom stereocenters. The summed E-state index contributed by atoms with van der Waals surface area (Å²) in [6.07, 6.45) is 0. The van der Waals surface area contributed by atoms with E-state index in [0.717, 1.165) is 5.56 Å². The standard InChI is InChI=1S/C11H15FO/c1-7-9(12)6-5-8(10(7)13)11(2,3)4/h5-6,13H,1-4H3. The molecule has 1 nitrogen and oxygen atoms in total. The third-order valence-corrected chi connectivity index (χ3v) is 2.17. The van der Waals surface area contributed by atoms with Gasteiger partial charge in [0.05, 0.1) is 0 Å². The molecule has 0 atom stereocenters. The van der Waals surface area contributed by atoms with Gasteiger partial charge >= 0.3 is 0 Å². The van der Waals surface area contributed by atoms with Crippen LogP contribution in [0.1, 0.15) is 31.9 Å². The first-order valence-electron chi connectivity index (χ1n) is 4.32. The Morgan fingerprint density at radius 1 is 1.23 bits per heavy atom. The van der Waals surface area contributed by atoms with Crippen molar-refractivity contribution >= 4 is 0 Å². The zero-order chi connectivity index (χ0) is 10.2. The molecule has 13 heavy (non-hydrogen) atoms. The van der Waals surface area contributed by atoms with Crippen molar-refractivity contribution in [3.63, 3.8) is 0 Å². The normalized spacial score (nSPS) is 11.8. The lowest BCUT2D eigenvalue weighted by Crippen LogP contribution is -2.12. The van der Waals surface area contributed by atoms with Gasteiger partial charge in [-0.15, -0.1) is 0 Å². The zero-order valence-electron chi connectivity index (χ0n) is 8.48. The maximum absolute atomic E-state index is 13.0. The van der Waals surface area contributed by atoms with E-state index in [1.807, 2.05) is 20.8 Å². The fraction of sp³-hybridized carbons (Fsp3) is 0.455. The molecular formula is C11H15FO. The molecule has 0 aliphatic heterocycles. The summed E-state index contributed by atoms with van der Waals surface area (Å²) in [5, 5.41) is 9.67. The fourth-order valence-electron chi connectivity index (χ4n) is 1.28. The quantitative estimate of drug-likeness (QED) is 0.653. The summed E-state index contributed by atoms with van der Waals surface area (Å²) in [5.74, 6) is -0.280. The van der Waals surface area contributed by atoms with Crippen LogP contribution in [0.25, 0.3) is 0 Å². The lowest BCUT2D eigenvalue weighted by atomic mass is 9.85. The summed E-state index contributed by atoms with van der Waals surface area (Å²) in [6, 6.07) is 3.04. The summed E-state index contributed by atoms with van der Waals surface area (Å²) >= 11 is 0. The molecule has 1 aromatic rings. The third kappa shape index (κ3) is 1.82. The Kier molecular flexibility index (Phi) is 2.33. The highest BCUT2D eigenvalue weighted by molar-refractivity contribution is 5.43. The monoisotopic (exact) mass is 182 g/mol. The van der Waals surface area contributed by atoms with E-state index < -0.39 is 0 Å². The van der Waals surface area contributed by atoms with Gasteiger partial charge < -0.3 is 5.11 Å². The molecule has 0 aliphatic rings. The van der Waals surface area contributed by atoms with Gasteiger partial charge in [-0.05, 0) is 24.0 Å². The van der Waals surface area contributed by atoms with Gasteiger partial charge in [0.2, 0.25) is 0 Å². The maximum atomic E-state index is 13.0. The Balaban J connectivity index is 3.35. The molecule has 0 fully saturated rings. The van der Waals surface area contributed by atoms with Crippen molar-refractivity contribution < 1.29 is 9.50 Å². The molecule has 1 rings (SSSR count). The topological polar surface area (TPSA) is 20.2 Å². The summed E-state index contributed by atoms with van der Waals surface area (Å²) in [4.78, 5) is 0. The first-order chi connectivity index (χ1) is 5.84. The van der Waals surface area contributed by atoms with Crippen molar-refractivity contribution in [2.24, 2.45) is 0 Å². The van der Waals surface area contributed by atoms with Crippen molar-refractivity contribution in [1.82, 2.24) is 0 Å². The molecule has 0 aromatic heterocycles. The van der Waals surface area contributed by atoms with Crippen LogP contribution in [0.15, 0.2) is 12.1 Å². The number of phenolic OH excluding ortho intramolecular Hbond substituents is 1. The van der Waals surface area contributed by atoms with Gasteiger partial charge in [0.1, 0.15) is 11.6 Å². The second-order valence-corrected chi connectivity index (χ2v) is 4.32. The number of halogens is 1. The first kappa shape index (κ1) is 10.0. The van der Waals surface area contributed by atoms with E-state index >= 15 is 0 Å². The number of rotatable bonds is 0. The SMILES string of the molecule is Cc1c(F)ccc(C(C)(C)C)c1O. The molecule has 0 amide bonds. The Morgan fingerprint density at radius 3 is 2.23 bits per heavy atom. The molecule has 1 N–H and O–H groups in total. The van der Waals surface area contributed by atoms with Crippen molar-refractivity contribution in [2.45, 2.75) is 33.1 Å². The largest absolute Gasteiger partial charge is 0.507 e. The number of phenols is 1. The highest BCUT2D eigenvalue weighted by Crippen LogP contribution is 2.33. The van der Waals surface area contributed by atoms with Crippen LogP contribution in [0.3, 0.4) is 0 Å². The minimum Gasteiger partial charge on any atom is -0.507 e. The van der Waals surface area contributed by atoms with E-state index in [9.17, 15) is 9.50 Å². The maximum Gasteiger partial charge on any atom is 0.129 e. The molecule has 0 heterocycles. The Morgan fingerprint density at radius 2 is 1.77 bits per heavy atom. The summed E-state index contributed by atoms with van der Waals surface area (Å²) in [6.45, 7) is 7.54. The van der Waals surface area contributed by atoms with E-state index in [2.05, 4.69) is 0 Å². The molecule has 0 radical (unpaired) electrons. The van der Waals surface area contributed by atoms with E-state index in [-0.39, 0.29) is 17.0 Å². The summed E-state index contributed by atoms with van der Waals surface area (Å²) in [5.41, 5.74) is 0.960. The molecular weight excluding hydrogens is 167 g/mol. The predicted molar refractivity (Wildman–Crippen MR) is 51.5 cm³/mol. The van der Waals surface area contributed by atoms with Gasteiger partial charge in [0.15, 0.2) is 0 Å². The summed E-state index contributed by atoms with van der Waals surface area (Å²) < 4.78 is 13.0. The van der Waals surface area contributed by atoms with Crippen LogP contribution in [0.2, 0.25) is 0 Å². The fourth-order valence-corrected chi connectivity index (χ4v) is 1.28. The molecule has 1 aromatic carbocycles. The van der Waals surface area contributed by atoms with Gasteiger partial charge in [-0.25, -0.2) is 4.39 Å². The average molecular weight is 182 g/mol. The van der Waals surface area contributed by atoms with E-state index in [0.29, 0.717) is 5.56 Å². The number of benzene rings is 1. The molecule has 0 saturated heterocycles. The van der Waals surface area contributed by atoms with Crippen LogP contribution < -0.4 is 0 Å². The lowest BCUT2D eigenvalue weighted by Gasteiger charge is -2.21. The molecule has 0 spiro atoms. The molecule has 0 bridgehead atoms. The third-order valence-electron chi connectivity index (χ3n) is 2.17. The van der Waals surface area contributed by atoms with Crippen molar-refractivity contribution in [2.75, 3.05) is 0 Å². The van der Waals surface area contributed by atoms with Gasteiger partial charge in [0.25, 0.3) is 0 Å². The van der Waals surface area contributed by atoms with Crippen molar-refractivity contribution in [3.8, 4) is 5.75 Å². The van der Waals surface area contributed by atoms with Crippen LogP contribution in [0.4, 0.5) is 4.39 Å². The lowest BCUT2D eigenvalue weighted by molar-refractivity contribution is 0.436.